The third-order valence-electron chi connectivity index (χ3n) is 5.14. The Labute approximate surface area is 205 Å². The molecule has 0 bridgehead atoms. The molecule has 11 heteroatoms. The molecule has 4 rings (SSSR count). The molecule has 0 saturated carbocycles. The number of esters is 1. The summed E-state index contributed by atoms with van der Waals surface area (Å²) < 4.78 is 44.4. The molecule has 3 aromatic carbocycles. The van der Waals surface area contributed by atoms with Crippen LogP contribution in [0.25, 0.3) is 0 Å². The number of rotatable bonds is 5. The summed E-state index contributed by atoms with van der Waals surface area (Å²) in [5.41, 5.74) is -1.75. The molecule has 1 aliphatic rings. The molecule has 0 saturated heterocycles. The number of ether oxygens (including phenoxy) is 1. The number of hydrogen-bond donors (Lipinski definition) is 0. The van der Waals surface area contributed by atoms with Crippen LogP contribution in [0.3, 0.4) is 0 Å². The molecule has 0 fully saturated rings. The number of benzene rings is 3. The Balaban J connectivity index is 1.55. The average Bonchev–Trinajstić information content (AvgIpc) is 3.06. The minimum absolute atomic E-state index is 0.128. The van der Waals surface area contributed by atoms with Crippen LogP contribution < -0.4 is 4.90 Å². The van der Waals surface area contributed by atoms with Gasteiger partial charge < -0.3 is 4.74 Å². The van der Waals surface area contributed by atoms with Crippen LogP contribution in [0.5, 0.6) is 0 Å². The van der Waals surface area contributed by atoms with Gasteiger partial charge >= 0.3 is 12.1 Å². The highest BCUT2D eigenvalue weighted by Crippen LogP contribution is 2.38. The highest BCUT2D eigenvalue weighted by atomic mass is 35.5. The molecule has 178 valence electrons. The largest absolute Gasteiger partial charge is 0.454 e. The summed E-state index contributed by atoms with van der Waals surface area (Å²) in [5, 5.41) is 0.184. The fraction of sp³-hybridized carbons (Fsp3) is 0.0833. The maximum Gasteiger partial charge on any atom is 0.416 e. The van der Waals surface area contributed by atoms with Crippen molar-refractivity contribution in [2.24, 2.45) is 0 Å². The number of halogens is 5. The monoisotopic (exact) mass is 521 g/mol. The smallest absolute Gasteiger partial charge is 0.416 e. The number of amides is 2. The molecule has 1 heterocycles. The van der Waals surface area contributed by atoms with Crippen LogP contribution in [-0.2, 0) is 10.9 Å². The standard InChI is InChI=1S/C24H12Cl2F3NO5/c25-15-5-1-12(2-6-15)20(31)11-35-23(34)13-3-7-16-17(9-13)22(33)30(21(16)32)19-10-14(24(27,28)29)4-8-18(19)26/h1-10H,11H2. The van der Waals surface area contributed by atoms with E-state index in [1.165, 1.54) is 36.4 Å². The van der Waals surface area contributed by atoms with Crippen molar-refractivity contribution >= 4 is 52.5 Å². The van der Waals surface area contributed by atoms with Gasteiger partial charge in [0.25, 0.3) is 11.8 Å². The van der Waals surface area contributed by atoms with Gasteiger partial charge in [-0.3, -0.25) is 14.4 Å². The number of carbonyl (C=O) groups is 4. The van der Waals surface area contributed by atoms with Crippen molar-refractivity contribution in [2.45, 2.75) is 6.18 Å². The number of carbonyl (C=O) groups excluding carboxylic acids is 4. The first-order valence-electron chi connectivity index (χ1n) is 9.83. The molecule has 0 unspecified atom stereocenters. The number of Topliss-reactive ketones (excluding diaryl/α,β-unsaturated/α-hetero) is 1. The van der Waals surface area contributed by atoms with Crippen molar-refractivity contribution in [3.8, 4) is 0 Å². The van der Waals surface area contributed by atoms with E-state index < -0.39 is 47.6 Å². The van der Waals surface area contributed by atoms with Gasteiger partial charge in [0.1, 0.15) is 0 Å². The second kappa shape index (κ2) is 9.16. The third kappa shape index (κ3) is 4.78. The number of ketones is 1. The second-order valence-electron chi connectivity index (χ2n) is 7.38. The predicted octanol–water partition coefficient (Wildman–Crippen LogP) is 5.85. The normalized spacial score (nSPS) is 13.1. The predicted molar refractivity (Wildman–Crippen MR) is 120 cm³/mol. The van der Waals surface area contributed by atoms with Crippen molar-refractivity contribution in [1.82, 2.24) is 0 Å². The molecular weight excluding hydrogens is 510 g/mol. The zero-order valence-electron chi connectivity index (χ0n) is 17.4. The number of fused-ring (bicyclic) bond motifs is 1. The fourth-order valence-corrected chi connectivity index (χ4v) is 3.71. The van der Waals surface area contributed by atoms with Crippen molar-refractivity contribution in [3.05, 3.63) is 98.5 Å². The lowest BCUT2D eigenvalue weighted by Gasteiger charge is -2.17. The van der Waals surface area contributed by atoms with Crippen LogP contribution in [0.15, 0.2) is 60.7 Å². The molecule has 0 radical (unpaired) electrons. The topological polar surface area (TPSA) is 80.8 Å². The second-order valence-corrected chi connectivity index (χ2v) is 8.22. The Morgan fingerprint density at radius 1 is 0.829 bits per heavy atom. The summed E-state index contributed by atoms with van der Waals surface area (Å²) in [5.74, 6) is -3.29. The molecule has 2 amide bonds. The SMILES string of the molecule is O=C(COC(=O)c1ccc2c(c1)C(=O)N(c1cc(C(F)(F)F)ccc1Cl)C2=O)c1ccc(Cl)cc1. The molecule has 1 aliphatic heterocycles. The number of alkyl halides is 3. The molecule has 3 aromatic rings. The Morgan fingerprint density at radius 2 is 1.46 bits per heavy atom. The van der Waals surface area contributed by atoms with Crippen molar-refractivity contribution in [2.75, 3.05) is 11.5 Å². The highest BCUT2D eigenvalue weighted by molar-refractivity contribution is 6.40. The number of anilines is 1. The molecule has 0 aliphatic carbocycles. The van der Waals surface area contributed by atoms with E-state index in [-0.39, 0.29) is 27.3 Å². The van der Waals surface area contributed by atoms with E-state index in [1.807, 2.05) is 0 Å². The third-order valence-corrected chi connectivity index (χ3v) is 5.71. The summed E-state index contributed by atoms with van der Waals surface area (Å²) in [6, 6.07) is 11.6. The first kappa shape index (κ1) is 24.4. The van der Waals surface area contributed by atoms with Gasteiger partial charge in [0.15, 0.2) is 12.4 Å². The van der Waals surface area contributed by atoms with E-state index in [1.54, 1.807) is 0 Å². The number of imide groups is 1. The van der Waals surface area contributed by atoms with Crippen LogP contribution in [-0.4, -0.2) is 30.2 Å². The molecule has 6 nitrogen and oxygen atoms in total. The lowest BCUT2D eigenvalue weighted by molar-refractivity contribution is -0.137. The first-order valence-corrected chi connectivity index (χ1v) is 10.6. The van der Waals surface area contributed by atoms with Crippen LogP contribution in [0.4, 0.5) is 18.9 Å². The maximum absolute atomic E-state index is 13.1. The summed E-state index contributed by atoms with van der Waals surface area (Å²) in [6.45, 7) is -0.587. The average molecular weight is 522 g/mol. The van der Waals surface area contributed by atoms with Gasteiger partial charge in [-0.15, -0.1) is 0 Å². The number of hydrogen-bond acceptors (Lipinski definition) is 5. The number of nitrogens with zero attached hydrogens (tertiary/aromatic N) is 1. The summed E-state index contributed by atoms with van der Waals surface area (Å²) >= 11 is 11.8. The van der Waals surface area contributed by atoms with E-state index in [9.17, 15) is 32.3 Å². The minimum Gasteiger partial charge on any atom is -0.454 e. The van der Waals surface area contributed by atoms with E-state index >= 15 is 0 Å². The zero-order valence-corrected chi connectivity index (χ0v) is 18.9. The Morgan fingerprint density at radius 3 is 2.11 bits per heavy atom. The van der Waals surface area contributed by atoms with E-state index in [0.717, 1.165) is 18.2 Å². The molecular formula is C24H12Cl2F3NO5. The molecule has 0 atom stereocenters. The van der Waals surface area contributed by atoms with Crippen LogP contribution >= 0.6 is 23.2 Å². The summed E-state index contributed by atoms with van der Waals surface area (Å²) in [7, 11) is 0. The lowest BCUT2D eigenvalue weighted by Crippen LogP contribution is -2.30. The molecule has 0 spiro atoms. The van der Waals surface area contributed by atoms with Crippen molar-refractivity contribution in [3.63, 3.8) is 0 Å². The van der Waals surface area contributed by atoms with Gasteiger partial charge in [0, 0.05) is 10.6 Å². The van der Waals surface area contributed by atoms with Crippen LogP contribution in [0, 0.1) is 0 Å². The maximum atomic E-state index is 13.1. The van der Waals surface area contributed by atoms with Crippen LogP contribution in [0.2, 0.25) is 10.0 Å². The Kier molecular flexibility index (Phi) is 6.40. The summed E-state index contributed by atoms with van der Waals surface area (Å²) in [6.07, 6.45) is -4.72. The lowest BCUT2D eigenvalue weighted by atomic mass is 10.1. The first-order chi connectivity index (χ1) is 16.5. The van der Waals surface area contributed by atoms with Crippen molar-refractivity contribution < 1.29 is 37.1 Å². The van der Waals surface area contributed by atoms with E-state index in [0.29, 0.717) is 16.0 Å². The zero-order chi connectivity index (χ0) is 25.5. The van der Waals surface area contributed by atoms with Gasteiger partial charge in [0.2, 0.25) is 0 Å². The van der Waals surface area contributed by atoms with Gasteiger partial charge in [-0.05, 0) is 60.7 Å². The van der Waals surface area contributed by atoms with E-state index in [2.05, 4.69) is 0 Å². The van der Waals surface area contributed by atoms with E-state index in [4.69, 9.17) is 27.9 Å². The van der Waals surface area contributed by atoms with Gasteiger partial charge in [-0.25, -0.2) is 9.69 Å². The Hall–Kier alpha value is -3.69. The fourth-order valence-electron chi connectivity index (χ4n) is 3.38. The van der Waals surface area contributed by atoms with Gasteiger partial charge in [0.05, 0.1) is 33.0 Å². The molecule has 35 heavy (non-hydrogen) atoms. The minimum atomic E-state index is -4.72. The molecule has 0 N–H and O–H groups in total. The molecule has 0 aromatic heterocycles. The van der Waals surface area contributed by atoms with Crippen LogP contribution in [0.1, 0.15) is 47.0 Å². The highest BCUT2D eigenvalue weighted by Gasteiger charge is 2.40. The Bertz CT molecular complexity index is 1390. The quantitative estimate of drug-likeness (QED) is 0.239. The van der Waals surface area contributed by atoms with Gasteiger partial charge in [-0.2, -0.15) is 13.2 Å². The van der Waals surface area contributed by atoms with Crippen molar-refractivity contribution in [1.29, 1.82) is 0 Å². The summed E-state index contributed by atoms with van der Waals surface area (Å²) in [4.78, 5) is 50.8. The van der Waals surface area contributed by atoms with Gasteiger partial charge in [-0.1, -0.05) is 23.2 Å².